The molecule has 0 bridgehead atoms. The molecule has 4 heterocycles. The average molecular weight is 1020 g/mol. The second-order valence-corrected chi connectivity index (χ2v) is 17.6. The summed E-state index contributed by atoms with van der Waals surface area (Å²) in [5, 5.41) is 53.5. The number of hydrogen-bond donors (Lipinski definition) is 6. The normalized spacial score (nSPS) is 12.2. The van der Waals surface area contributed by atoms with E-state index in [0.29, 0.717) is 55.5 Å². The lowest BCUT2D eigenvalue weighted by molar-refractivity contribution is -0.140. The number of aliphatic hydroxyl groups is 2. The molecule has 72 heavy (non-hydrogen) atoms. The van der Waals surface area contributed by atoms with E-state index < -0.39 is 24.0 Å². The van der Waals surface area contributed by atoms with Crippen LogP contribution in [0.2, 0.25) is 10.0 Å². The molecule has 2 unspecified atom stereocenters. The van der Waals surface area contributed by atoms with E-state index >= 15 is 0 Å². The van der Waals surface area contributed by atoms with Crippen molar-refractivity contribution in [2.24, 2.45) is 0 Å². The molecular formula is C52H52Cl2N8O10. The highest BCUT2D eigenvalue weighted by molar-refractivity contribution is 6.32. The molecule has 2 atom stereocenters. The van der Waals surface area contributed by atoms with Crippen LogP contribution < -0.4 is 29.6 Å². The zero-order valence-electron chi connectivity index (χ0n) is 39.3. The van der Waals surface area contributed by atoms with Gasteiger partial charge < -0.3 is 50.0 Å². The third-order valence-corrected chi connectivity index (χ3v) is 12.7. The van der Waals surface area contributed by atoms with Gasteiger partial charge in [-0.05, 0) is 84.3 Å². The number of aromatic nitrogens is 6. The van der Waals surface area contributed by atoms with Crippen LogP contribution >= 0.6 is 23.2 Å². The molecule has 0 aliphatic carbocycles. The van der Waals surface area contributed by atoms with Crippen LogP contribution in [-0.2, 0) is 49.1 Å². The highest BCUT2D eigenvalue weighted by Gasteiger charge is 2.22. The molecule has 0 radical (unpaired) electrons. The van der Waals surface area contributed by atoms with Gasteiger partial charge in [0.1, 0.15) is 61.5 Å². The number of carboxylic acids is 2. The predicted molar refractivity (Wildman–Crippen MR) is 267 cm³/mol. The fraction of sp³-hybridized carbons (Fsp3) is 0.269. The van der Waals surface area contributed by atoms with Gasteiger partial charge in [0, 0.05) is 74.4 Å². The summed E-state index contributed by atoms with van der Waals surface area (Å²) in [6.07, 6.45) is 10.3. The minimum atomic E-state index is -1.09. The van der Waals surface area contributed by atoms with Crippen molar-refractivity contribution < 1.29 is 49.0 Å². The Bertz CT molecular complexity index is 2990. The van der Waals surface area contributed by atoms with E-state index in [1.165, 1.54) is 0 Å². The number of ether oxygens (including phenoxy) is 4. The number of aliphatic carboxylic acids is 2. The first-order chi connectivity index (χ1) is 34.9. The topological polar surface area (TPSA) is 236 Å². The standard InChI is InChI=1S/C52H52Cl2N8O10/c1-31-33(27-71-47-21-45(69-29-37-25-59-61-15-5-13-55-49(37)61)35(19-41(47)53)23-57-43(11-17-63)51(65)66)7-3-9-39(31)40-10-4-8-34(32(40)2)28-72-48-22-46(70-30-38-26-60-62-16-6-14-56-50(38)62)36(20-42(48)54)24-58-44(12-18-64)52(67)68/h3-10,13-16,19-22,25-26,43-44,57-58,63-64H,11-12,17-18,23-24,27-30H2,1-2H3,(H,65,66)(H,67,68). The summed E-state index contributed by atoms with van der Waals surface area (Å²) in [5.74, 6) is -0.654. The van der Waals surface area contributed by atoms with Gasteiger partial charge in [0.15, 0.2) is 11.3 Å². The maximum atomic E-state index is 11.9. The summed E-state index contributed by atoms with van der Waals surface area (Å²) in [6, 6.07) is 20.3. The Morgan fingerprint density at radius 3 is 1.38 bits per heavy atom. The van der Waals surface area contributed by atoms with Crippen LogP contribution in [0.15, 0.2) is 110 Å². The largest absolute Gasteiger partial charge is 0.488 e. The predicted octanol–water partition coefficient (Wildman–Crippen LogP) is 7.53. The maximum Gasteiger partial charge on any atom is 0.320 e. The smallest absolute Gasteiger partial charge is 0.320 e. The first-order valence-corrected chi connectivity index (χ1v) is 23.7. The molecule has 4 aromatic carbocycles. The van der Waals surface area contributed by atoms with Gasteiger partial charge in [-0.25, -0.2) is 19.0 Å². The summed E-state index contributed by atoms with van der Waals surface area (Å²) in [7, 11) is 0. The molecule has 0 saturated heterocycles. The summed E-state index contributed by atoms with van der Waals surface area (Å²) in [4.78, 5) is 32.6. The van der Waals surface area contributed by atoms with Gasteiger partial charge in [-0.3, -0.25) is 9.59 Å². The van der Waals surface area contributed by atoms with E-state index in [9.17, 15) is 30.0 Å². The zero-order valence-corrected chi connectivity index (χ0v) is 40.8. The number of benzene rings is 4. The minimum Gasteiger partial charge on any atom is -0.488 e. The molecule has 0 aliphatic rings. The quantitative estimate of drug-likeness (QED) is 0.0325. The molecule has 374 valence electrons. The number of nitrogens with one attached hydrogen (secondary N) is 2. The van der Waals surface area contributed by atoms with E-state index in [1.807, 2.05) is 50.2 Å². The van der Waals surface area contributed by atoms with Crippen LogP contribution in [0.4, 0.5) is 0 Å². The Balaban J connectivity index is 0.996. The third kappa shape index (κ3) is 12.0. The van der Waals surface area contributed by atoms with Crippen LogP contribution in [-0.4, -0.2) is 86.9 Å². The lowest BCUT2D eigenvalue weighted by Crippen LogP contribution is -2.37. The average Bonchev–Trinajstić information content (AvgIpc) is 3.99. The molecular weight excluding hydrogens is 968 g/mol. The number of fused-ring (bicyclic) bond motifs is 2. The van der Waals surface area contributed by atoms with E-state index in [4.69, 9.17) is 42.1 Å². The van der Waals surface area contributed by atoms with Gasteiger partial charge in [0.2, 0.25) is 0 Å². The molecule has 0 saturated carbocycles. The van der Waals surface area contributed by atoms with Crippen LogP contribution in [0.5, 0.6) is 23.0 Å². The van der Waals surface area contributed by atoms with Crippen LogP contribution in [0.25, 0.3) is 22.4 Å². The SMILES string of the molecule is Cc1c(COc2cc(OCc3cnn4cccnc34)c(CNC(CCO)C(=O)O)cc2Cl)cccc1-c1cccc(COc2cc(OCc3cnn4cccnc34)c(CNC(CCO)C(=O)O)cc2Cl)c1C. The molecule has 0 spiro atoms. The zero-order chi connectivity index (χ0) is 50.7. The molecule has 0 fully saturated rings. The van der Waals surface area contributed by atoms with Crippen LogP contribution in [0.3, 0.4) is 0 Å². The van der Waals surface area contributed by atoms with Crippen molar-refractivity contribution in [2.75, 3.05) is 13.2 Å². The minimum absolute atomic E-state index is 0.0163. The molecule has 18 nitrogen and oxygen atoms in total. The first-order valence-electron chi connectivity index (χ1n) is 22.9. The van der Waals surface area contributed by atoms with Crippen molar-refractivity contribution in [3.05, 3.63) is 165 Å². The van der Waals surface area contributed by atoms with E-state index in [-0.39, 0.29) is 65.6 Å². The Morgan fingerprint density at radius 1 is 0.569 bits per heavy atom. The Kier molecular flexibility index (Phi) is 16.8. The fourth-order valence-corrected chi connectivity index (χ4v) is 8.59. The second kappa shape index (κ2) is 23.7. The van der Waals surface area contributed by atoms with Crippen molar-refractivity contribution in [1.82, 2.24) is 39.8 Å². The Labute approximate surface area is 423 Å². The number of halogens is 2. The van der Waals surface area contributed by atoms with Gasteiger partial charge in [0.25, 0.3) is 0 Å². The molecule has 4 aromatic heterocycles. The van der Waals surface area contributed by atoms with Gasteiger partial charge in [-0.2, -0.15) is 10.2 Å². The number of carboxylic acid groups (broad SMARTS) is 2. The fourth-order valence-electron chi connectivity index (χ4n) is 8.11. The number of rotatable bonds is 25. The summed E-state index contributed by atoms with van der Waals surface area (Å²) < 4.78 is 28.7. The number of carbonyl (C=O) groups is 2. The molecule has 0 amide bonds. The summed E-state index contributed by atoms with van der Waals surface area (Å²) >= 11 is 13.7. The van der Waals surface area contributed by atoms with Crippen molar-refractivity contribution in [3.63, 3.8) is 0 Å². The second-order valence-electron chi connectivity index (χ2n) is 16.8. The van der Waals surface area contributed by atoms with Gasteiger partial charge in [-0.1, -0.05) is 59.6 Å². The molecule has 6 N–H and O–H groups in total. The summed E-state index contributed by atoms with van der Waals surface area (Å²) in [6.45, 7) is 4.16. The van der Waals surface area contributed by atoms with E-state index in [2.05, 4.69) is 30.8 Å². The molecule has 0 aliphatic heterocycles. The number of nitrogens with zero attached hydrogens (tertiary/aromatic N) is 6. The molecule has 8 rings (SSSR count). The van der Waals surface area contributed by atoms with E-state index in [0.717, 1.165) is 44.5 Å². The highest BCUT2D eigenvalue weighted by atomic mass is 35.5. The van der Waals surface area contributed by atoms with Gasteiger partial charge >= 0.3 is 11.9 Å². The number of aliphatic hydroxyl groups excluding tert-OH is 2. The van der Waals surface area contributed by atoms with Crippen LogP contribution in [0, 0.1) is 13.8 Å². The highest BCUT2D eigenvalue weighted by Crippen LogP contribution is 2.38. The molecule has 20 heteroatoms. The Morgan fingerprint density at radius 2 is 0.972 bits per heavy atom. The van der Waals surface area contributed by atoms with E-state index in [1.54, 1.807) is 82.6 Å². The van der Waals surface area contributed by atoms with Crippen LogP contribution in [0.1, 0.15) is 57.3 Å². The number of hydrogen-bond acceptors (Lipinski definition) is 14. The third-order valence-electron chi connectivity index (χ3n) is 12.2. The maximum absolute atomic E-state index is 11.9. The lowest BCUT2D eigenvalue weighted by Gasteiger charge is -2.19. The lowest BCUT2D eigenvalue weighted by atomic mass is 9.92. The molecule has 8 aromatic rings. The van der Waals surface area contributed by atoms with Gasteiger partial charge in [-0.15, -0.1) is 0 Å². The van der Waals surface area contributed by atoms with Gasteiger partial charge in [0.05, 0.1) is 33.6 Å². The first kappa shape index (κ1) is 51.0. The Hall–Kier alpha value is -7.32. The van der Waals surface area contributed by atoms with Crippen molar-refractivity contribution in [3.8, 4) is 34.1 Å². The summed E-state index contributed by atoms with van der Waals surface area (Å²) in [5.41, 5.74) is 9.64. The van der Waals surface area contributed by atoms with Crippen molar-refractivity contribution in [1.29, 1.82) is 0 Å². The van der Waals surface area contributed by atoms with Crippen molar-refractivity contribution >= 4 is 46.4 Å². The van der Waals surface area contributed by atoms with Crippen molar-refractivity contribution in [2.45, 2.75) is 78.3 Å². The monoisotopic (exact) mass is 1020 g/mol.